The molecule has 9 heteroatoms. The number of rotatable bonds is 6. The summed E-state index contributed by atoms with van der Waals surface area (Å²) >= 11 is 0. The minimum Gasteiger partial charge on any atom is -0.478 e. The van der Waals surface area contributed by atoms with Gasteiger partial charge in [0, 0.05) is 11.1 Å². The number of carboxylic acid groups (broad SMARTS) is 4. The van der Waals surface area contributed by atoms with Gasteiger partial charge in [-0.25, -0.2) is 19.2 Å². The Kier molecular flexibility index (Phi) is 4.83. The number of carbonyl (C=O) groups is 5. The number of aromatic carboxylic acids is 4. The Morgan fingerprint density at radius 1 is 0.500 bits per heavy atom. The van der Waals surface area contributed by atoms with E-state index in [1.807, 2.05) is 0 Å². The lowest BCUT2D eigenvalue weighted by Gasteiger charge is -2.11. The van der Waals surface area contributed by atoms with Crippen molar-refractivity contribution in [2.45, 2.75) is 0 Å². The molecule has 0 amide bonds. The van der Waals surface area contributed by atoms with Crippen molar-refractivity contribution in [2.24, 2.45) is 0 Å². The third kappa shape index (κ3) is 3.26. The predicted octanol–water partition coefficient (Wildman–Crippen LogP) is 1.71. The summed E-state index contributed by atoms with van der Waals surface area (Å²) in [4.78, 5) is 57.4. The van der Waals surface area contributed by atoms with Gasteiger partial charge in [-0.05, 0) is 24.3 Å². The quantitative estimate of drug-likeness (QED) is 0.562. The van der Waals surface area contributed by atoms with Crippen LogP contribution >= 0.6 is 0 Å². The van der Waals surface area contributed by atoms with Crippen LogP contribution < -0.4 is 0 Å². The van der Waals surface area contributed by atoms with Gasteiger partial charge >= 0.3 is 23.9 Å². The van der Waals surface area contributed by atoms with E-state index in [-0.39, 0.29) is 11.1 Å². The summed E-state index contributed by atoms with van der Waals surface area (Å²) in [6, 6.07) is 6.27. The second-order valence-electron chi connectivity index (χ2n) is 5.04. The minimum atomic E-state index is -1.81. The highest BCUT2D eigenvalue weighted by atomic mass is 16.4. The molecule has 0 saturated heterocycles. The van der Waals surface area contributed by atoms with E-state index in [0.29, 0.717) is 0 Å². The van der Waals surface area contributed by atoms with E-state index in [0.717, 1.165) is 36.4 Å². The van der Waals surface area contributed by atoms with Gasteiger partial charge in [0.05, 0.1) is 22.3 Å². The normalized spacial score (nSPS) is 10.2. The van der Waals surface area contributed by atoms with Gasteiger partial charge in [0.1, 0.15) is 0 Å². The van der Waals surface area contributed by atoms with Gasteiger partial charge in [-0.2, -0.15) is 0 Å². The largest absolute Gasteiger partial charge is 0.478 e. The van der Waals surface area contributed by atoms with E-state index < -0.39 is 51.9 Å². The maximum Gasteiger partial charge on any atom is 0.337 e. The molecule has 9 nitrogen and oxygen atoms in total. The first-order valence-electron chi connectivity index (χ1n) is 6.90. The summed E-state index contributed by atoms with van der Waals surface area (Å²) in [7, 11) is 0. The third-order valence-corrected chi connectivity index (χ3v) is 3.50. The maximum atomic E-state index is 12.6. The lowest BCUT2D eigenvalue weighted by Crippen LogP contribution is -2.19. The van der Waals surface area contributed by atoms with Crippen LogP contribution in [0.1, 0.15) is 57.4 Å². The van der Waals surface area contributed by atoms with Crippen molar-refractivity contribution in [3.8, 4) is 0 Å². The number of benzene rings is 2. The molecule has 0 aromatic heterocycles. The Morgan fingerprint density at radius 3 is 1.35 bits per heavy atom. The molecule has 0 aliphatic carbocycles. The summed E-state index contributed by atoms with van der Waals surface area (Å²) < 4.78 is 0. The van der Waals surface area contributed by atoms with Crippen LogP contribution in [0.25, 0.3) is 0 Å². The van der Waals surface area contributed by atoms with Crippen molar-refractivity contribution in [3.63, 3.8) is 0 Å². The highest BCUT2D eigenvalue weighted by Crippen LogP contribution is 2.23. The molecular formula is C17H10O9. The zero-order chi connectivity index (χ0) is 19.6. The summed E-state index contributed by atoms with van der Waals surface area (Å²) in [5.41, 5.74) is -3.46. The Hall–Kier alpha value is -4.01. The first-order valence-corrected chi connectivity index (χ1v) is 6.90. The van der Waals surface area contributed by atoms with Crippen molar-refractivity contribution in [1.29, 1.82) is 0 Å². The molecule has 0 saturated carbocycles. The van der Waals surface area contributed by atoms with Crippen LogP contribution in [0.5, 0.6) is 0 Å². The van der Waals surface area contributed by atoms with Gasteiger partial charge in [0.15, 0.2) is 5.78 Å². The molecule has 2 rings (SSSR count). The van der Waals surface area contributed by atoms with Crippen LogP contribution in [-0.4, -0.2) is 50.1 Å². The number of hydrogen-bond donors (Lipinski definition) is 4. The molecule has 0 atom stereocenters. The summed E-state index contributed by atoms with van der Waals surface area (Å²) in [5.74, 6) is -7.37. The van der Waals surface area contributed by atoms with Crippen LogP contribution in [0.15, 0.2) is 36.4 Å². The summed E-state index contributed by atoms with van der Waals surface area (Å²) in [6.45, 7) is 0. The molecule has 0 unspecified atom stereocenters. The Balaban J connectivity index is 2.69. The summed E-state index contributed by atoms with van der Waals surface area (Å²) in [6.07, 6.45) is 0. The Labute approximate surface area is 144 Å². The molecule has 26 heavy (non-hydrogen) atoms. The molecule has 0 bridgehead atoms. The number of hydrogen-bond acceptors (Lipinski definition) is 5. The lowest BCUT2D eigenvalue weighted by atomic mass is 9.91. The van der Waals surface area contributed by atoms with Crippen molar-refractivity contribution >= 4 is 29.7 Å². The monoisotopic (exact) mass is 358 g/mol. The molecule has 0 heterocycles. The number of carbonyl (C=O) groups excluding carboxylic acids is 1. The predicted molar refractivity (Wildman–Crippen MR) is 84.2 cm³/mol. The maximum absolute atomic E-state index is 12.6. The second kappa shape index (κ2) is 6.85. The molecule has 0 radical (unpaired) electrons. The molecule has 132 valence electrons. The van der Waals surface area contributed by atoms with Crippen molar-refractivity contribution < 1.29 is 44.4 Å². The molecule has 0 fully saturated rings. The SMILES string of the molecule is O=C(O)c1ccc(C(=O)c2ccc(C(=O)O)c(C(=O)O)c2C(=O)O)cc1. The van der Waals surface area contributed by atoms with E-state index in [1.54, 1.807) is 0 Å². The molecular weight excluding hydrogens is 348 g/mol. The topological polar surface area (TPSA) is 166 Å². The number of carboxylic acids is 4. The smallest absolute Gasteiger partial charge is 0.337 e. The van der Waals surface area contributed by atoms with Crippen LogP contribution in [0.3, 0.4) is 0 Å². The van der Waals surface area contributed by atoms with Crippen molar-refractivity contribution in [2.75, 3.05) is 0 Å². The van der Waals surface area contributed by atoms with E-state index in [1.165, 1.54) is 0 Å². The van der Waals surface area contributed by atoms with Crippen LogP contribution in [0.4, 0.5) is 0 Å². The zero-order valence-electron chi connectivity index (χ0n) is 12.8. The van der Waals surface area contributed by atoms with Gasteiger partial charge in [-0.1, -0.05) is 12.1 Å². The van der Waals surface area contributed by atoms with Gasteiger partial charge in [0.25, 0.3) is 0 Å². The van der Waals surface area contributed by atoms with Crippen LogP contribution in [0.2, 0.25) is 0 Å². The first kappa shape index (κ1) is 18.3. The van der Waals surface area contributed by atoms with Gasteiger partial charge in [-0.15, -0.1) is 0 Å². The molecule has 2 aromatic rings. The summed E-state index contributed by atoms with van der Waals surface area (Å²) in [5, 5.41) is 36.4. The van der Waals surface area contributed by atoms with Gasteiger partial charge < -0.3 is 20.4 Å². The number of ketones is 1. The lowest BCUT2D eigenvalue weighted by molar-refractivity contribution is 0.0631. The van der Waals surface area contributed by atoms with E-state index >= 15 is 0 Å². The fraction of sp³-hybridized carbons (Fsp3) is 0. The standard InChI is InChI=1S/C17H10O9/c18-13(7-1-3-8(4-2-7)14(19)20)9-5-6-10(15(21)22)12(17(25)26)11(9)16(23)24/h1-6H,(H,19,20)(H,21,22)(H,23,24)(H,25,26). The Morgan fingerprint density at radius 2 is 0.923 bits per heavy atom. The van der Waals surface area contributed by atoms with E-state index in [2.05, 4.69) is 0 Å². The highest BCUT2D eigenvalue weighted by Gasteiger charge is 2.29. The van der Waals surface area contributed by atoms with Gasteiger partial charge in [0.2, 0.25) is 0 Å². The molecule has 2 aromatic carbocycles. The molecule has 0 aliphatic heterocycles. The Bertz CT molecular complexity index is 955. The average molecular weight is 358 g/mol. The van der Waals surface area contributed by atoms with Crippen molar-refractivity contribution in [1.82, 2.24) is 0 Å². The van der Waals surface area contributed by atoms with E-state index in [9.17, 15) is 34.2 Å². The zero-order valence-corrected chi connectivity index (χ0v) is 12.8. The molecule has 0 aliphatic rings. The fourth-order valence-corrected chi connectivity index (χ4v) is 2.33. The highest BCUT2D eigenvalue weighted by molar-refractivity contribution is 6.19. The van der Waals surface area contributed by atoms with Crippen molar-refractivity contribution in [3.05, 3.63) is 69.8 Å². The molecule has 4 N–H and O–H groups in total. The van der Waals surface area contributed by atoms with Crippen LogP contribution in [0, 0.1) is 0 Å². The first-order chi connectivity index (χ1) is 12.1. The fourth-order valence-electron chi connectivity index (χ4n) is 2.33. The minimum absolute atomic E-state index is 0.0862. The second-order valence-corrected chi connectivity index (χ2v) is 5.04. The van der Waals surface area contributed by atoms with Crippen LogP contribution in [-0.2, 0) is 0 Å². The average Bonchev–Trinajstić information content (AvgIpc) is 2.59. The van der Waals surface area contributed by atoms with E-state index in [4.69, 9.17) is 10.2 Å². The van der Waals surface area contributed by atoms with Gasteiger partial charge in [-0.3, -0.25) is 4.79 Å². The third-order valence-electron chi connectivity index (χ3n) is 3.50. The molecule has 0 spiro atoms.